The molecule has 0 unspecified atom stereocenters. The first kappa shape index (κ1) is 20.5. The Morgan fingerprint density at radius 3 is 2.73 bits per heavy atom. The number of aliphatic hydroxyl groups is 1. The standard InChI is InChI=1S/C26H38N2O2/c1-5-28-15-18(16(2)27-28)12-17-13-23-21-7-6-19-14-20(29)8-10-25(19,3)22(21)9-11-26(23,4)24(17)30/h12,15,19-23,29H,5-11,13-14H2,1-4H3/b17-12-/t19-,20-,21+,22-,23-,25-,26-/m0/s1. The van der Waals surface area contributed by atoms with E-state index in [4.69, 9.17) is 0 Å². The molecule has 4 aliphatic rings. The third kappa shape index (κ3) is 2.89. The van der Waals surface area contributed by atoms with Gasteiger partial charge in [0.05, 0.1) is 11.8 Å². The van der Waals surface area contributed by atoms with E-state index in [0.717, 1.165) is 61.4 Å². The van der Waals surface area contributed by atoms with E-state index in [0.29, 0.717) is 29.0 Å². The molecule has 0 spiro atoms. The van der Waals surface area contributed by atoms with E-state index in [1.165, 1.54) is 19.3 Å². The summed E-state index contributed by atoms with van der Waals surface area (Å²) in [5.41, 5.74) is 3.34. The van der Waals surface area contributed by atoms with Crippen molar-refractivity contribution >= 4 is 11.9 Å². The van der Waals surface area contributed by atoms with Gasteiger partial charge in [0.2, 0.25) is 0 Å². The van der Waals surface area contributed by atoms with Crippen LogP contribution in [0.4, 0.5) is 0 Å². The fourth-order valence-electron chi connectivity index (χ4n) is 8.06. The lowest BCUT2D eigenvalue weighted by atomic mass is 9.45. The molecule has 4 nitrogen and oxygen atoms in total. The molecule has 0 amide bonds. The number of allylic oxidation sites excluding steroid dienone is 1. The van der Waals surface area contributed by atoms with E-state index in [9.17, 15) is 9.90 Å². The van der Waals surface area contributed by atoms with Crippen LogP contribution in [-0.2, 0) is 11.3 Å². The maximum atomic E-state index is 13.6. The molecule has 30 heavy (non-hydrogen) atoms. The summed E-state index contributed by atoms with van der Waals surface area (Å²) in [6, 6.07) is 0. The highest BCUT2D eigenvalue weighted by Crippen LogP contribution is 2.66. The quantitative estimate of drug-likeness (QED) is 0.684. The monoisotopic (exact) mass is 410 g/mol. The van der Waals surface area contributed by atoms with Crippen molar-refractivity contribution in [2.24, 2.45) is 34.5 Å². The lowest BCUT2D eigenvalue weighted by Gasteiger charge is -2.59. The van der Waals surface area contributed by atoms with Crippen molar-refractivity contribution in [3.05, 3.63) is 23.0 Å². The van der Waals surface area contributed by atoms with Gasteiger partial charge in [0, 0.05) is 23.7 Å². The Hall–Kier alpha value is -1.42. The van der Waals surface area contributed by atoms with Gasteiger partial charge in [0.15, 0.2) is 5.78 Å². The van der Waals surface area contributed by atoms with E-state index in [-0.39, 0.29) is 11.5 Å². The molecule has 1 aromatic rings. The Labute approximate surface area is 181 Å². The minimum absolute atomic E-state index is 0.0941. The fraction of sp³-hybridized carbons (Fsp3) is 0.769. The maximum Gasteiger partial charge on any atom is 0.165 e. The number of hydrogen-bond donors (Lipinski definition) is 1. The van der Waals surface area contributed by atoms with Gasteiger partial charge in [-0.3, -0.25) is 9.48 Å². The minimum atomic E-state index is -0.182. The largest absolute Gasteiger partial charge is 0.393 e. The first-order valence-corrected chi connectivity index (χ1v) is 12.2. The van der Waals surface area contributed by atoms with Crippen molar-refractivity contribution < 1.29 is 9.90 Å². The summed E-state index contributed by atoms with van der Waals surface area (Å²) >= 11 is 0. The molecule has 0 bridgehead atoms. The zero-order valence-electron chi connectivity index (χ0n) is 19.2. The van der Waals surface area contributed by atoms with Crippen molar-refractivity contribution in [1.82, 2.24) is 9.78 Å². The van der Waals surface area contributed by atoms with Gasteiger partial charge in [-0.1, -0.05) is 13.8 Å². The number of carbonyl (C=O) groups is 1. The third-order valence-corrected chi connectivity index (χ3v) is 9.92. The van der Waals surface area contributed by atoms with Gasteiger partial charge in [0.25, 0.3) is 0 Å². The lowest BCUT2D eigenvalue weighted by Crippen LogP contribution is -2.54. The molecular formula is C26H38N2O2. The fourth-order valence-corrected chi connectivity index (χ4v) is 8.06. The molecular weight excluding hydrogens is 372 g/mol. The van der Waals surface area contributed by atoms with Crippen LogP contribution in [0.1, 0.15) is 83.4 Å². The van der Waals surface area contributed by atoms with E-state index in [2.05, 4.69) is 38.1 Å². The zero-order chi connectivity index (χ0) is 21.3. The minimum Gasteiger partial charge on any atom is -0.393 e. The molecule has 1 aromatic heterocycles. The number of fused-ring (bicyclic) bond motifs is 5. The van der Waals surface area contributed by atoms with Crippen LogP contribution in [0.15, 0.2) is 11.8 Å². The van der Waals surface area contributed by atoms with E-state index >= 15 is 0 Å². The summed E-state index contributed by atoms with van der Waals surface area (Å²) < 4.78 is 1.96. The van der Waals surface area contributed by atoms with Crippen molar-refractivity contribution in [3.8, 4) is 0 Å². The van der Waals surface area contributed by atoms with E-state index in [1.54, 1.807) is 0 Å². The molecule has 1 heterocycles. The van der Waals surface area contributed by atoms with Crippen LogP contribution in [0, 0.1) is 41.4 Å². The average molecular weight is 411 g/mol. The molecule has 4 heteroatoms. The average Bonchev–Trinajstić information content (AvgIpc) is 3.20. The highest BCUT2D eigenvalue weighted by Gasteiger charge is 2.61. The molecule has 7 atom stereocenters. The summed E-state index contributed by atoms with van der Waals surface area (Å²) in [5, 5.41) is 14.8. The summed E-state index contributed by atoms with van der Waals surface area (Å²) in [6.07, 6.45) is 12.9. The van der Waals surface area contributed by atoms with Crippen molar-refractivity contribution in [2.45, 2.75) is 91.7 Å². The van der Waals surface area contributed by atoms with Crippen molar-refractivity contribution in [2.75, 3.05) is 0 Å². The Balaban J connectivity index is 1.45. The second kappa shape index (κ2) is 7.05. The van der Waals surface area contributed by atoms with Gasteiger partial charge >= 0.3 is 0 Å². The van der Waals surface area contributed by atoms with Gasteiger partial charge in [-0.15, -0.1) is 0 Å². The van der Waals surface area contributed by atoms with Crippen LogP contribution < -0.4 is 0 Å². The zero-order valence-corrected chi connectivity index (χ0v) is 19.2. The number of rotatable bonds is 2. The van der Waals surface area contributed by atoms with Gasteiger partial charge in [-0.05, 0) is 106 Å². The van der Waals surface area contributed by atoms with Crippen molar-refractivity contribution in [3.63, 3.8) is 0 Å². The Kier molecular flexibility index (Phi) is 4.81. The second-order valence-electron chi connectivity index (χ2n) is 11.3. The van der Waals surface area contributed by atoms with Gasteiger partial charge in [-0.2, -0.15) is 5.10 Å². The molecule has 4 aliphatic carbocycles. The van der Waals surface area contributed by atoms with Crippen LogP contribution in [0.3, 0.4) is 0 Å². The van der Waals surface area contributed by atoms with Gasteiger partial charge in [-0.25, -0.2) is 0 Å². The van der Waals surface area contributed by atoms with Crippen LogP contribution in [0.2, 0.25) is 0 Å². The molecule has 1 N–H and O–H groups in total. The highest BCUT2D eigenvalue weighted by molar-refractivity contribution is 6.06. The van der Waals surface area contributed by atoms with E-state index < -0.39 is 0 Å². The number of carbonyl (C=O) groups excluding carboxylic acids is 1. The summed E-state index contributed by atoms with van der Waals surface area (Å²) in [5.74, 6) is 2.94. The maximum absolute atomic E-state index is 13.6. The van der Waals surface area contributed by atoms with Crippen LogP contribution in [0.5, 0.6) is 0 Å². The Morgan fingerprint density at radius 1 is 1.20 bits per heavy atom. The third-order valence-electron chi connectivity index (χ3n) is 9.92. The normalized spacial score (nSPS) is 44.6. The number of hydrogen-bond acceptors (Lipinski definition) is 3. The van der Waals surface area contributed by atoms with Gasteiger partial charge < -0.3 is 5.11 Å². The predicted octanol–water partition coefficient (Wildman–Crippen LogP) is 5.18. The van der Waals surface area contributed by atoms with Gasteiger partial charge in [0.1, 0.15) is 0 Å². The summed E-state index contributed by atoms with van der Waals surface area (Å²) in [4.78, 5) is 13.6. The molecule has 0 aliphatic heterocycles. The number of ketones is 1. The second-order valence-corrected chi connectivity index (χ2v) is 11.3. The first-order valence-electron chi connectivity index (χ1n) is 12.2. The van der Waals surface area contributed by atoms with Crippen LogP contribution >= 0.6 is 0 Å². The van der Waals surface area contributed by atoms with Crippen LogP contribution in [0.25, 0.3) is 6.08 Å². The molecule has 4 fully saturated rings. The van der Waals surface area contributed by atoms with Crippen LogP contribution in [-0.4, -0.2) is 26.8 Å². The lowest BCUT2D eigenvalue weighted by molar-refractivity contribution is -0.141. The molecule has 0 radical (unpaired) electrons. The SMILES string of the molecule is CCn1cc(/C=C2/C[C@H]3[C@@H]4CC[C@H]5C[C@@H](O)CC[C@]5(C)[C@H]4CC[C@]3(C)C2=O)c(C)n1. The van der Waals surface area contributed by atoms with Crippen molar-refractivity contribution in [1.29, 1.82) is 0 Å². The smallest absolute Gasteiger partial charge is 0.165 e. The Morgan fingerprint density at radius 2 is 2.00 bits per heavy atom. The number of aromatic nitrogens is 2. The Bertz CT molecular complexity index is 886. The molecule has 4 saturated carbocycles. The molecule has 0 saturated heterocycles. The van der Waals surface area contributed by atoms with E-state index in [1.807, 2.05) is 11.6 Å². The molecule has 0 aromatic carbocycles. The molecule has 164 valence electrons. The number of nitrogens with zero attached hydrogens (tertiary/aromatic N) is 2. The number of Topliss-reactive ketones (excluding diaryl/α,β-unsaturated/α-hetero) is 1. The summed E-state index contributed by atoms with van der Waals surface area (Å²) in [6.45, 7) is 9.78. The highest BCUT2D eigenvalue weighted by atomic mass is 16.3. The topological polar surface area (TPSA) is 55.1 Å². The first-order chi connectivity index (χ1) is 14.3. The molecule has 5 rings (SSSR count). The summed E-state index contributed by atoms with van der Waals surface area (Å²) in [7, 11) is 0. The predicted molar refractivity (Wildman–Crippen MR) is 119 cm³/mol. The number of aryl methyl sites for hydroxylation is 2. The number of aliphatic hydroxyl groups excluding tert-OH is 1.